The number of aryl methyl sites for hydroxylation is 1. The van der Waals surface area contributed by atoms with Gasteiger partial charge in [-0.2, -0.15) is 0 Å². The van der Waals surface area contributed by atoms with Crippen LogP contribution in [0.3, 0.4) is 0 Å². The smallest absolute Gasteiger partial charge is 0.234 e. The lowest BCUT2D eigenvalue weighted by atomic mass is 9.96. The van der Waals surface area contributed by atoms with Gasteiger partial charge in [-0.1, -0.05) is 158 Å². The number of rotatable bonds is 23. The van der Waals surface area contributed by atoms with E-state index < -0.39 is 0 Å². The quantitative estimate of drug-likeness (QED) is 0.0810. The lowest BCUT2D eigenvalue weighted by Gasteiger charge is -2.12. The fraction of sp³-hybridized carbons (Fsp3) is 0.615. The number of benzene rings is 2. The maximum absolute atomic E-state index is 2.71. The zero-order chi connectivity index (χ0) is 29.0. The van der Waals surface area contributed by atoms with E-state index >= 15 is 0 Å². The third-order valence-electron chi connectivity index (χ3n) is 8.87. The Morgan fingerprint density at radius 1 is 0.610 bits per heavy atom. The van der Waals surface area contributed by atoms with Crippen LogP contribution in [0.5, 0.6) is 0 Å². The van der Waals surface area contributed by atoms with Gasteiger partial charge in [-0.3, -0.25) is 0 Å². The minimum atomic E-state index is 0.519. The maximum Gasteiger partial charge on any atom is 0.261 e. The van der Waals surface area contributed by atoms with E-state index in [1.54, 1.807) is 0 Å². The fourth-order valence-corrected chi connectivity index (χ4v) is 6.28. The summed E-state index contributed by atoms with van der Waals surface area (Å²) in [6.45, 7) is 9.30. The SMILES string of the molecule is CCCCCCCCCCCCCC[n+]1cc(CC(C)c2ccccc2)n(CCCCCC)c1Cc1ccccc1. The first-order chi connectivity index (χ1) is 20.2. The summed E-state index contributed by atoms with van der Waals surface area (Å²) in [6, 6.07) is 22.2. The van der Waals surface area contributed by atoms with E-state index in [-0.39, 0.29) is 0 Å². The Kier molecular flexibility index (Phi) is 16.6. The van der Waals surface area contributed by atoms with E-state index in [0.29, 0.717) is 5.92 Å². The van der Waals surface area contributed by atoms with Gasteiger partial charge in [0.1, 0.15) is 11.9 Å². The predicted octanol–water partition coefficient (Wildman–Crippen LogP) is 11.0. The molecule has 0 saturated carbocycles. The van der Waals surface area contributed by atoms with Gasteiger partial charge in [0.15, 0.2) is 0 Å². The van der Waals surface area contributed by atoms with Gasteiger partial charge in [0.05, 0.1) is 19.5 Å². The van der Waals surface area contributed by atoms with Crippen molar-refractivity contribution in [3.8, 4) is 0 Å². The van der Waals surface area contributed by atoms with Gasteiger partial charge in [0.25, 0.3) is 5.82 Å². The van der Waals surface area contributed by atoms with E-state index in [0.717, 1.165) is 25.9 Å². The fourth-order valence-electron chi connectivity index (χ4n) is 6.28. The molecule has 1 heterocycles. The van der Waals surface area contributed by atoms with Gasteiger partial charge in [-0.25, -0.2) is 9.13 Å². The van der Waals surface area contributed by atoms with Crippen molar-refractivity contribution < 1.29 is 4.57 Å². The van der Waals surface area contributed by atoms with Crippen LogP contribution >= 0.6 is 0 Å². The lowest BCUT2D eigenvalue weighted by Crippen LogP contribution is -2.37. The van der Waals surface area contributed by atoms with Crippen molar-refractivity contribution in [1.82, 2.24) is 4.57 Å². The summed E-state index contributed by atoms with van der Waals surface area (Å²) >= 11 is 0. The van der Waals surface area contributed by atoms with E-state index in [4.69, 9.17) is 0 Å². The predicted molar refractivity (Wildman–Crippen MR) is 178 cm³/mol. The van der Waals surface area contributed by atoms with Crippen LogP contribution in [0.1, 0.15) is 152 Å². The van der Waals surface area contributed by atoms with Crippen LogP contribution in [-0.2, 0) is 25.9 Å². The van der Waals surface area contributed by atoms with Crippen molar-refractivity contribution in [3.63, 3.8) is 0 Å². The standard InChI is InChI=1S/C39H61N2/c1-4-6-8-10-11-12-13-14-15-16-17-24-30-40-34-38(32-35(3)37-28-22-19-23-29-37)41(31-25-9-7-5-2)39(40)33-36-26-20-18-21-27-36/h18-23,26-29,34-35H,4-17,24-25,30-33H2,1-3H3/q+1. The second-order valence-electron chi connectivity index (χ2n) is 12.5. The highest BCUT2D eigenvalue weighted by Crippen LogP contribution is 2.22. The Labute approximate surface area is 253 Å². The Hall–Kier alpha value is -2.35. The van der Waals surface area contributed by atoms with Crippen molar-refractivity contribution in [2.45, 2.75) is 155 Å². The molecule has 0 radical (unpaired) electrons. The van der Waals surface area contributed by atoms with E-state index in [1.807, 2.05) is 0 Å². The minimum Gasteiger partial charge on any atom is -0.234 e. The largest absolute Gasteiger partial charge is 0.261 e. The molecule has 0 N–H and O–H groups in total. The molecule has 0 spiro atoms. The average molecular weight is 558 g/mol. The molecule has 0 amide bonds. The van der Waals surface area contributed by atoms with Gasteiger partial charge in [0.2, 0.25) is 0 Å². The lowest BCUT2D eigenvalue weighted by molar-refractivity contribution is -0.704. The number of aromatic nitrogens is 2. The molecule has 3 aromatic rings. The summed E-state index contributed by atoms with van der Waals surface area (Å²) < 4.78 is 5.35. The van der Waals surface area contributed by atoms with Crippen molar-refractivity contribution >= 4 is 0 Å². The van der Waals surface area contributed by atoms with Crippen LogP contribution in [0.25, 0.3) is 0 Å². The number of hydrogen-bond acceptors (Lipinski definition) is 0. The van der Waals surface area contributed by atoms with Gasteiger partial charge >= 0.3 is 0 Å². The van der Waals surface area contributed by atoms with Crippen LogP contribution in [0.2, 0.25) is 0 Å². The van der Waals surface area contributed by atoms with E-state index in [2.05, 4.69) is 96.8 Å². The molecule has 0 aliphatic rings. The van der Waals surface area contributed by atoms with Crippen LogP contribution in [-0.4, -0.2) is 4.57 Å². The molecule has 3 rings (SSSR count). The summed E-state index contributed by atoms with van der Waals surface area (Å²) in [5, 5.41) is 0. The second-order valence-corrected chi connectivity index (χ2v) is 12.5. The molecule has 2 aromatic carbocycles. The molecular weight excluding hydrogens is 496 g/mol. The third kappa shape index (κ3) is 12.6. The Balaban J connectivity index is 1.63. The zero-order valence-electron chi connectivity index (χ0n) is 27.0. The van der Waals surface area contributed by atoms with Crippen molar-refractivity contribution in [1.29, 1.82) is 0 Å². The molecule has 41 heavy (non-hydrogen) atoms. The first kappa shape index (κ1) is 33.2. The second kappa shape index (κ2) is 20.5. The summed E-state index contributed by atoms with van der Waals surface area (Å²) in [7, 11) is 0. The molecule has 1 aromatic heterocycles. The molecule has 226 valence electrons. The van der Waals surface area contributed by atoms with Gasteiger partial charge in [-0.05, 0) is 42.7 Å². The highest BCUT2D eigenvalue weighted by molar-refractivity contribution is 5.22. The van der Waals surface area contributed by atoms with Crippen LogP contribution in [0.4, 0.5) is 0 Å². The molecule has 2 heteroatoms. The van der Waals surface area contributed by atoms with Crippen LogP contribution < -0.4 is 4.57 Å². The highest BCUT2D eigenvalue weighted by atomic mass is 15.2. The van der Waals surface area contributed by atoms with Crippen molar-refractivity contribution in [2.24, 2.45) is 0 Å². The molecule has 0 aliphatic heterocycles. The average Bonchev–Trinajstić information content (AvgIpc) is 3.31. The van der Waals surface area contributed by atoms with Crippen molar-refractivity contribution in [3.05, 3.63) is 89.5 Å². The van der Waals surface area contributed by atoms with E-state index in [9.17, 15) is 0 Å². The molecular formula is C39H61N2+. The maximum atomic E-state index is 2.71. The monoisotopic (exact) mass is 557 g/mol. The van der Waals surface area contributed by atoms with Gasteiger partial charge in [-0.15, -0.1) is 0 Å². The molecule has 1 unspecified atom stereocenters. The molecule has 2 nitrogen and oxygen atoms in total. The molecule has 1 atom stereocenters. The Morgan fingerprint density at radius 2 is 1.12 bits per heavy atom. The number of unbranched alkanes of at least 4 members (excludes halogenated alkanes) is 14. The van der Waals surface area contributed by atoms with Gasteiger partial charge in [0, 0.05) is 6.42 Å². The molecule has 0 saturated heterocycles. The summed E-state index contributed by atoms with van der Waals surface area (Å²) in [5.74, 6) is 2.02. The molecule has 0 aliphatic carbocycles. The third-order valence-corrected chi connectivity index (χ3v) is 8.87. The molecule has 0 bridgehead atoms. The number of imidazole rings is 1. The first-order valence-electron chi connectivity index (χ1n) is 17.4. The van der Waals surface area contributed by atoms with Gasteiger partial charge < -0.3 is 0 Å². The molecule has 0 fully saturated rings. The minimum absolute atomic E-state index is 0.519. The highest BCUT2D eigenvalue weighted by Gasteiger charge is 2.25. The Morgan fingerprint density at radius 3 is 1.71 bits per heavy atom. The first-order valence-corrected chi connectivity index (χ1v) is 17.4. The van der Waals surface area contributed by atoms with Crippen molar-refractivity contribution in [2.75, 3.05) is 0 Å². The summed E-state index contributed by atoms with van der Waals surface area (Å²) in [4.78, 5) is 0. The topological polar surface area (TPSA) is 8.81 Å². The normalized spacial score (nSPS) is 12.2. The zero-order valence-corrected chi connectivity index (χ0v) is 27.0. The summed E-state index contributed by atoms with van der Waals surface area (Å²) in [5.41, 5.74) is 4.39. The Bertz CT molecular complexity index is 1040. The van der Waals surface area contributed by atoms with E-state index in [1.165, 1.54) is 125 Å². The number of nitrogens with zero attached hydrogens (tertiary/aromatic N) is 2. The number of hydrogen-bond donors (Lipinski definition) is 0. The van der Waals surface area contributed by atoms with Crippen LogP contribution in [0.15, 0.2) is 66.9 Å². The van der Waals surface area contributed by atoms with Crippen LogP contribution in [0, 0.1) is 0 Å². The summed E-state index contributed by atoms with van der Waals surface area (Å²) in [6.07, 6.45) is 26.7.